The van der Waals surface area contributed by atoms with E-state index in [4.69, 9.17) is 4.52 Å². The number of rotatable bonds is 5. The second-order valence-corrected chi connectivity index (χ2v) is 7.66. The lowest BCUT2D eigenvalue weighted by Crippen LogP contribution is -2.51. The average Bonchev–Trinajstić information content (AvgIpc) is 3.13. The first-order valence-corrected chi connectivity index (χ1v) is 9.25. The van der Waals surface area contributed by atoms with Gasteiger partial charge in [-0.25, -0.2) is 4.79 Å². The standard InChI is InChI=1S/C19H27N5O2/c1-14(2)5-11-21-18(25)24-12-4-8-19(3,13-24)17-22-16(26-23-17)15-6-9-20-10-7-15/h6-7,9-10,14H,4-5,8,11-13H2,1-3H3,(H,21,25). The molecule has 1 aliphatic heterocycles. The molecule has 2 aromatic rings. The number of nitrogens with zero attached hydrogens (tertiary/aromatic N) is 4. The van der Waals surface area contributed by atoms with E-state index < -0.39 is 0 Å². The second kappa shape index (κ2) is 7.85. The van der Waals surface area contributed by atoms with Crippen LogP contribution in [-0.4, -0.2) is 45.7 Å². The fraction of sp³-hybridized carbons (Fsp3) is 0.579. The number of aromatic nitrogens is 3. The number of carbonyl (C=O) groups is 1. The molecule has 2 amide bonds. The number of hydrogen-bond donors (Lipinski definition) is 1. The van der Waals surface area contributed by atoms with E-state index in [-0.39, 0.29) is 11.4 Å². The molecule has 1 fully saturated rings. The highest BCUT2D eigenvalue weighted by atomic mass is 16.5. The van der Waals surface area contributed by atoms with Crippen molar-refractivity contribution < 1.29 is 9.32 Å². The first-order valence-electron chi connectivity index (χ1n) is 9.25. The molecule has 7 nitrogen and oxygen atoms in total. The molecular formula is C19H27N5O2. The first-order chi connectivity index (χ1) is 12.5. The van der Waals surface area contributed by atoms with Crippen LogP contribution in [0.1, 0.15) is 45.9 Å². The lowest BCUT2D eigenvalue weighted by molar-refractivity contribution is 0.150. The van der Waals surface area contributed by atoms with Crippen LogP contribution in [0.5, 0.6) is 0 Å². The fourth-order valence-corrected chi connectivity index (χ4v) is 3.26. The van der Waals surface area contributed by atoms with Crippen molar-refractivity contribution in [1.82, 2.24) is 25.3 Å². The smallest absolute Gasteiger partial charge is 0.317 e. The summed E-state index contributed by atoms with van der Waals surface area (Å²) in [6, 6.07) is 3.68. The van der Waals surface area contributed by atoms with E-state index in [1.165, 1.54) is 0 Å². The minimum atomic E-state index is -0.303. The largest absolute Gasteiger partial charge is 0.338 e. The van der Waals surface area contributed by atoms with Gasteiger partial charge < -0.3 is 14.7 Å². The molecule has 2 aromatic heterocycles. The number of piperidine rings is 1. The van der Waals surface area contributed by atoms with E-state index in [0.29, 0.717) is 30.7 Å². The number of nitrogens with one attached hydrogen (secondary N) is 1. The van der Waals surface area contributed by atoms with Crippen LogP contribution in [0.2, 0.25) is 0 Å². The minimum absolute atomic E-state index is 0.00516. The van der Waals surface area contributed by atoms with Crippen LogP contribution in [0.25, 0.3) is 11.5 Å². The van der Waals surface area contributed by atoms with Gasteiger partial charge in [0.05, 0.1) is 0 Å². The molecule has 26 heavy (non-hydrogen) atoms. The van der Waals surface area contributed by atoms with Gasteiger partial charge in [-0.2, -0.15) is 4.98 Å². The van der Waals surface area contributed by atoms with Crippen molar-refractivity contribution in [2.75, 3.05) is 19.6 Å². The zero-order chi connectivity index (χ0) is 18.6. The summed E-state index contributed by atoms with van der Waals surface area (Å²) >= 11 is 0. The van der Waals surface area contributed by atoms with E-state index in [9.17, 15) is 4.79 Å². The Kier molecular flexibility index (Phi) is 5.54. The SMILES string of the molecule is CC(C)CCNC(=O)N1CCCC(C)(c2noc(-c3ccncc3)n2)C1. The summed E-state index contributed by atoms with van der Waals surface area (Å²) in [5.41, 5.74) is 0.545. The molecule has 0 spiro atoms. The zero-order valence-electron chi connectivity index (χ0n) is 15.7. The van der Waals surface area contributed by atoms with E-state index in [1.54, 1.807) is 12.4 Å². The maximum Gasteiger partial charge on any atom is 0.317 e. The zero-order valence-corrected chi connectivity index (χ0v) is 15.7. The Bertz CT molecular complexity index is 731. The van der Waals surface area contributed by atoms with Crippen molar-refractivity contribution in [2.24, 2.45) is 5.92 Å². The van der Waals surface area contributed by atoms with Crippen molar-refractivity contribution >= 4 is 6.03 Å². The Balaban J connectivity index is 1.67. The van der Waals surface area contributed by atoms with Crippen LogP contribution >= 0.6 is 0 Å². The molecule has 140 valence electrons. The van der Waals surface area contributed by atoms with Crippen molar-refractivity contribution in [3.63, 3.8) is 0 Å². The van der Waals surface area contributed by atoms with Crippen molar-refractivity contribution in [1.29, 1.82) is 0 Å². The van der Waals surface area contributed by atoms with Crippen molar-refractivity contribution in [2.45, 2.75) is 45.4 Å². The second-order valence-electron chi connectivity index (χ2n) is 7.66. The predicted octanol–water partition coefficient (Wildman–Crippen LogP) is 3.24. The highest BCUT2D eigenvalue weighted by molar-refractivity contribution is 5.74. The van der Waals surface area contributed by atoms with Gasteiger partial charge in [-0.3, -0.25) is 4.98 Å². The first kappa shape index (κ1) is 18.4. The molecular weight excluding hydrogens is 330 g/mol. The van der Waals surface area contributed by atoms with E-state index >= 15 is 0 Å². The molecule has 0 saturated carbocycles. The number of carbonyl (C=O) groups excluding carboxylic acids is 1. The van der Waals surface area contributed by atoms with E-state index in [0.717, 1.165) is 31.4 Å². The van der Waals surface area contributed by atoms with Crippen LogP contribution < -0.4 is 5.32 Å². The molecule has 1 atom stereocenters. The molecule has 1 unspecified atom stereocenters. The maximum absolute atomic E-state index is 12.5. The van der Waals surface area contributed by atoms with Crippen LogP contribution in [0.15, 0.2) is 29.0 Å². The summed E-state index contributed by atoms with van der Waals surface area (Å²) < 4.78 is 5.45. The molecule has 0 aliphatic carbocycles. The van der Waals surface area contributed by atoms with E-state index in [1.807, 2.05) is 17.0 Å². The number of amides is 2. The lowest BCUT2D eigenvalue weighted by atomic mass is 9.81. The van der Waals surface area contributed by atoms with Gasteiger partial charge in [-0.1, -0.05) is 25.9 Å². The Labute approximate surface area is 154 Å². The van der Waals surface area contributed by atoms with Gasteiger partial charge in [-0.05, 0) is 37.3 Å². The third kappa shape index (κ3) is 4.20. The number of urea groups is 1. The third-order valence-electron chi connectivity index (χ3n) is 4.87. The molecule has 1 aliphatic rings. The predicted molar refractivity (Wildman–Crippen MR) is 98.5 cm³/mol. The molecule has 3 rings (SSSR count). The van der Waals surface area contributed by atoms with E-state index in [2.05, 4.69) is 41.2 Å². The molecule has 0 radical (unpaired) electrons. The summed E-state index contributed by atoms with van der Waals surface area (Å²) in [5, 5.41) is 7.22. The van der Waals surface area contributed by atoms with Crippen LogP contribution in [0.4, 0.5) is 4.79 Å². The molecule has 1 saturated heterocycles. The molecule has 1 N–H and O–H groups in total. The summed E-state index contributed by atoms with van der Waals surface area (Å²) in [7, 11) is 0. The summed E-state index contributed by atoms with van der Waals surface area (Å²) in [6.07, 6.45) is 6.23. The molecule has 7 heteroatoms. The lowest BCUT2D eigenvalue weighted by Gasteiger charge is -2.38. The van der Waals surface area contributed by atoms with Crippen LogP contribution in [-0.2, 0) is 5.41 Å². The van der Waals surface area contributed by atoms with Gasteiger partial charge >= 0.3 is 6.03 Å². The molecule has 3 heterocycles. The Hall–Kier alpha value is -2.44. The Morgan fingerprint density at radius 2 is 2.15 bits per heavy atom. The van der Waals surface area contributed by atoms with Gasteiger partial charge in [0.1, 0.15) is 0 Å². The van der Waals surface area contributed by atoms with Gasteiger partial charge in [0.25, 0.3) is 5.89 Å². The third-order valence-corrected chi connectivity index (χ3v) is 4.87. The highest BCUT2D eigenvalue weighted by Gasteiger charge is 2.38. The van der Waals surface area contributed by atoms with Crippen molar-refractivity contribution in [3.05, 3.63) is 30.4 Å². The van der Waals surface area contributed by atoms with Crippen LogP contribution in [0.3, 0.4) is 0 Å². The van der Waals surface area contributed by atoms with Crippen molar-refractivity contribution in [3.8, 4) is 11.5 Å². The monoisotopic (exact) mass is 357 g/mol. The normalized spacial score (nSPS) is 20.4. The summed E-state index contributed by atoms with van der Waals surface area (Å²) in [5.74, 6) is 1.72. The summed E-state index contributed by atoms with van der Waals surface area (Å²) in [6.45, 7) is 8.47. The number of pyridine rings is 1. The molecule has 0 aromatic carbocycles. The van der Waals surface area contributed by atoms with Crippen LogP contribution in [0, 0.1) is 5.92 Å². The Morgan fingerprint density at radius 1 is 1.38 bits per heavy atom. The van der Waals surface area contributed by atoms with Gasteiger partial charge in [0, 0.05) is 43.0 Å². The Morgan fingerprint density at radius 3 is 2.88 bits per heavy atom. The highest BCUT2D eigenvalue weighted by Crippen LogP contribution is 2.33. The average molecular weight is 357 g/mol. The van der Waals surface area contributed by atoms with Gasteiger partial charge in [-0.15, -0.1) is 0 Å². The summed E-state index contributed by atoms with van der Waals surface area (Å²) in [4.78, 5) is 22.9. The topological polar surface area (TPSA) is 84.2 Å². The number of hydrogen-bond acceptors (Lipinski definition) is 5. The quantitative estimate of drug-likeness (QED) is 0.888. The minimum Gasteiger partial charge on any atom is -0.338 e. The fourth-order valence-electron chi connectivity index (χ4n) is 3.26. The van der Waals surface area contributed by atoms with Gasteiger partial charge in [0.2, 0.25) is 0 Å². The number of likely N-dealkylation sites (tertiary alicyclic amines) is 1. The molecule has 0 bridgehead atoms. The maximum atomic E-state index is 12.5. The van der Waals surface area contributed by atoms with Gasteiger partial charge in [0.15, 0.2) is 5.82 Å².